The van der Waals surface area contributed by atoms with Crippen LogP contribution < -0.4 is 0 Å². The summed E-state index contributed by atoms with van der Waals surface area (Å²) in [7, 11) is 4.01. The highest BCUT2D eigenvalue weighted by atomic mass is 16.4. The molecule has 0 saturated carbocycles. The maximum absolute atomic E-state index is 12.2. The lowest BCUT2D eigenvalue weighted by molar-refractivity contribution is -0.131. The van der Waals surface area contributed by atoms with Crippen molar-refractivity contribution in [2.24, 2.45) is 5.92 Å². The molecule has 2 rings (SSSR count). The van der Waals surface area contributed by atoms with Gasteiger partial charge in [-0.3, -0.25) is 4.79 Å². The van der Waals surface area contributed by atoms with E-state index in [2.05, 4.69) is 22.1 Å². The Labute approximate surface area is 117 Å². The highest BCUT2D eigenvalue weighted by molar-refractivity contribution is 5.84. The predicted octanol–water partition coefficient (Wildman–Crippen LogP) is -0.615. The predicted molar refractivity (Wildman–Crippen MR) is 70.2 cm³/mol. The number of hydrogen-bond donors (Lipinski definition) is 1. The first kappa shape index (κ1) is 14.4. The van der Waals surface area contributed by atoms with Gasteiger partial charge in [0.2, 0.25) is 5.91 Å². The molecule has 8 nitrogen and oxygen atoms in total. The molecule has 2 heterocycles. The maximum atomic E-state index is 12.2. The number of aromatic nitrogens is 3. The van der Waals surface area contributed by atoms with E-state index < -0.39 is 5.97 Å². The summed E-state index contributed by atoms with van der Waals surface area (Å²) in [4.78, 5) is 26.8. The summed E-state index contributed by atoms with van der Waals surface area (Å²) >= 11 is 0. The molecule has 8 heteroatoms. The summed E-state index contributed by atoms with van der Waals surface area (Å²) in [5.41, 5.74) is -0.154. The van der Waals surface area contributed by atoms with Crippen molar-refractivity contribution in [3.05, 3.63) is 11.9 Å². The van der Waals surface area contributed by atoms with Crippen molar-refractivity contribution in [2.75, 3.05) is 27.2 Å². The summed E-state index contributed by atoms with van der Waals surface area (Å²) in [6.45, 7) is 3.54. The minimum atomic E-state index is -1.15. The average molecular weight is 281 g/mol. The van der Waals surface area contributed by atoms with Crippen LogP contribution in [-0.2, 0) is 11.3 Å². The molecule has 0 bridgehead atoms. The SMILES string of the molecule is CC1CN(C(=O)Cn2cc(C(=O)O)nn2)CC1N(C)C. The highest BCUT2D eigenvalue weighted by Crippen LogP contribution is 2.20. The summed E-state index contributed by atoms with van der Waals surface area (Å²) < 4.78 is 1.26. The van der Waals surface area contributed by atoms with Crippen LogP contribution in [0, 0.1) is 5.92 Å². The molecular formula is C12H19N5O3. The van der Waals surface area contributed by atoms with E-state index in [9.17, 15) is 9.59 Å². The number of carbonyl (C=O) groups excluding carboxylic acids is 1. The number of amides is 1. The van der Waals surface area contributed by atoms with Gasteiger partial charge in [-0.15, -0.1) is 5.10 Å². The monoisotopic (exact) mass is 281 g/mol. The Morgan fingerprint density at radius 3 is 2.65 bits per heavy atom. The third kappa shape index (κ3) is 2.96. The standard InChI is InChI=1S/C12H19N5O3/c1-8-4-16(6-10(8)15(2)3)11(18)7-17-5-9(12(19)20)13-14-17/h5,8,10H,4,6-7H2,1-3H3,(H,19,20). The van der Waals surface area contributed by atoms with Crippen LogP contribution in [0.5, 0.6) is 0 Å². The first-order valence-corrected chi connectivity index (χ1v) is 6.46. The second-order valence-electron chi connectivity index (χ2n) is 5.41. The van der Waals surface area contributed by atoms with Crippen LogP contribution in [0.3, 0.4) is 0 Å². The summed E-state index contributed by atoms with van der Waals surface area (Å²) in [6, 6.07) is 0.351. The summed E-state index contributed by atoms with van der Waals surface area (Å²) in [5, 5.41) is 15.9. The number of carboxylic acid groups (broad SMARTS) is 1. The minimum absolute atomic E-state index is 0.0210. The van der Waals surface area contributed by atoms with Gasteiger partial charge in [-0.25, -0.2) is 9.48 Å². The molecule has 1 fully saturated rings. The minimum Gasteiger partial charge on any atom is -0.476 e. The van der Waals surface area contributed by atoms with Crippen molar-refractivity contribution in [1.82, 2.24) is 24.8 Å². The lowest BCUT2D eigenvalue weighted by atomic mass is 10.1. The third-order valence-electron chi connectivity index (χ3n) is 3.64. The quantitative estimate of drug-likeness (QED) is 0.791. The Kier molecular flexibility index (Phi) is 4.03. The number of likely N-dealkylation sites (tertiary alicyclic amines) is 1. The van der Waals surface area contributed by atoms with Gasteiger partial charge in [0.25, 0.3) is 0 Å². The number of hydrogen-bond acceptors (Lipinski definition) is 5. The Bertz CT molecular complexity index is 513. The second kappa shape index (κ2) is 5.58. The molecule has 0 radical (unpaired) electrons. The molecule has 0 aromatic carbocycles. The first-order valence-electron chi connectivity index (χ1n) is 6.46. The van der Waals surface area contributed by atoms with Gasteiger partial charge in [-0.1, -0.05) is 12.1 Å². The van der Waals surface area contributed by atoms with Crippen molar-refractivity contribution in [2.45, 2.75) is 19.5 Å². The zero-order chi connectivity index (χ0) is 14.9. The Hall–Kier alpha value is -1.96. The van der Waals surface area contributed by atoms with E-state index in [-0.39, 0.29) is 18.1 Å². The molecule has 2 atom stereocenters. The van der Waals surface area contributed by atoms with E-state index in [1.54, 1.807) is 4.90 Å². The van der Waals surface area contributed by atoms with Crippen molar-refractivity contribution in [3.8, 4) is 0 Å². The number of nitrogens with zero attached hydrogens (tertiary/aromatic N) is 5. The molecule has 1 aromatic rings. The van der Waals surface area contributed by atoms with Crippen LogP contribution in [0.2, 0.25) is 0 Å². The third-order valence-corrected chi connectivity index (χ3v) is 3.64. The van der Waals surface area contributed by atoms with Crippen molar-refractivity contribution in [1.29, 1.82) is 0 Å². The molecule has 0 aliphatic carbocycles. The van der Waals surface area contributed by atoms with Gasteiger partial charge in [0.05, 0.1) is 6.20 Å². The fourth-order valence-electron chi connectivity index (χ4n) is 2.54. The molecule has 110 valence electrons. The number of carbonyl (C=O) groups is 2. The number of aromatic carboxylic acids is 1. The van der Waals surface area contributed by atoms with Crippen LogP contribution in [0.4, 0.5) is 0 Å². The first-order chi connectivity index (χ1) is 9.38. The van der Waals surface area contributed by atoms with Crippen LogP contribution in [0.15, 0.2) is 6.20 Å². The second-order valence-corrected chi connectivity index (χ2v) is 5.41. The van der Waals surface area contributed by atoms with E-state index in [0.29, 0.717) is 25.0 Å². The molecular weight excluding hydrogens is 262 g/mol. The molecule has 1 aliphatic heterocycles. The van der Waals surface area contributed by atoms with E-state index in [1.807, 2.05) is 14.1 Å². The van der Waals surface area contributed by atoms with E-state index >= 15 is 0 Å². The highest BCUT2D eigenvalue weighted by Gasteiger charge is 2.33. The molecule has 1 saturated heterocycles. The van der Waals surface area contributed by atoms with E-state index in [4.69, 9.17) is 5.11 Å². The largest absolute Gasteiger partial charge is 0.476 e. The van der Waals surface area contributed by atoms with Crippen molar-refractivity contribution < 1.29 is 14.7 Å². The smallest absolute Gasteiger partial charge is 0.358 e. The van der Waals surface area contributed by atoms with Crippen LogP contribution in [0.25, 0.3) is 0 Å². The Morgan fingerprint density at radius 2 is 2.15 bits per heavy atom. The Morgan fingerprint density at radius 1 is 1.45 bits per heavy atom. The molecule has 1 aromatic heterocycles. The zero-order valence-corrected chi connectivity index (χ0v) is 11.9. The number of carboxylic acids is 1. The molecule has 0 spiro atoms. The average Bonchev–Trinajstić information content (AvgIpc) is 2.95. The van der Waals surface area contributed by atoms with Crippen LogP contribution >= 0.6 is 0 Å². The van der Waals surface area contributed by atoms with Gasteiger partial charge in [0, 0.05) is 19.1 Å². The van der Waals surface area contributed by atoms with Gasteiger partial charge in [0.15, 0.2) is 5.69 Å². The lowest BCUT2D eigenvalue weighted by Gasteiger charge is -2.22. The lowest BCUT2D eigenvalue weighted by Crippen LogP contribution is -2.36. The summed E-state index contributed by atoms with van der Waals surface area (Å²) in [6.07, 6.45) is 1.27. The topological polar surface area (TPSA) is 91.6 Å². The summed E-state index contributed by atoms with van der Waals surface area (Å²) in [5.74, 6) is -0.798. The van der Waals surface area contributed by atoms with Gasteiger partial charge in [-0.2, -0.15) is 0 Å². The maximum Gasteiger partial charge on any atom is 0.358 e. The van der Waals surface area contributed by atoms with Gasteiger partial charge >= 0.3 is 5.97 Å². The van der Waals surface area contributed by atoms with E-state index in [0.717, 1.165) is 0 Å². The normalized spacial score (nSPS) is 22.5. The number of likely N-dealkylation sites (N-methyl/N-ethyl adjacent to an activating group) is 1. The van der Waals surface area contributed by atoms with E-state index in [1.165, 1.54) is 10.9 Å². The Balaban J connectivity index is 1.97. The van der Waals surface area contributed by atoms with Gasteiger partial charge < -0.3 is 14.9 Å². The van der Waals surface area contributed by atoms with Crippen molar-refractivity contribution in [3.63, 3.8) is 0 Å². The fourth-order valence-corrected chi connectivity index (χ4v) is 2.54. The van der Waals surface area contributed by atoms with Crippen molar-refractivity contribution >= 4 is 11.9 Å². The zero-order valence-electron chi connectivity index (χ0n) is 11.9. The van der Waals surface area contributed by atoms with Gasteiger partial charge in [-0.05, 0) is 20.0 Å². The van der Waals surface area contributed by atoms with Crippen LogP contribution in [-0.4, -0.2) is 75.0 Å². The molecule has 1 aliphatic rings. The number of rotatable bonds is 4. The molecule has 20 heavy (non-hydrogen) atoms. The molecule has 1 amide bonds. The molecule has 1 N–H and O–H groups in total. The molecule has 2 unspecified atom stereocenters. The van der Waals surface area contributed by atoms with Crippen LogP contribution in [0.1, 0.15) is 17.4 Å². The van der Waals surface area contributed by atoms with Gasteiger partial charge in [0.1, 0.15) is 6.54 Å². The fraction of sp³-hybridized carbons (Fsp3) is 0.667.